The second-order valence-electron chi connectivity index (χ2n) is 4.53. The first-order valence-electron chi connectivity index (χ1n) is 5.48. The topological polar surface area (TPSA) is 63.9 Å². The minimum atomic E-state index is 0.0210. The molecule has 2 heterocycles. The van der Waals surface area contributed by atoms with Crippen LogP contribution in [0.5, 0.6) is 0 Å². The lowest BCUT2D eigenvalue weighted by Crippen LogP contribution is -2.52. The van der Waals surface area contributed by atoms with Crippen LogP contribution in [-0.2, 0) is 10.2 Å². The Morgan fingerprint density at radius 3 is 2.94 bits per heavy atom. The molecule has 0 saturated carbocycles. The van der Waals surface area contributed by atoms with Gasteiger partial charge in [-0.15, -0.1) is 0 Å². The maximum Gasteiger partial charge on any atom is 0.104 e. The van der Waals surface area contributed by atoms with Gasteiger partial charge in [0.15, 0.2) is 0 Å². The molecule has 1 saturated heterocycles. The fourth-order valence-electron chi connectivity index (χ4n) is 2.22. The SMILES string of the molecule is Cc1nc2ccc(C3(CN)COC3)cc2[nH]1. The highest BCUT2D eigenvalue weighted by molar-refractivity contribution is 5.76. The molecule has 84 valence electrons. The third-order valence-electron chi connectivity index (χ3n) is 3.36. The van der Waals surface area contributed by atoms with Gasteiger partial charge in [0.25, 0.3) is 0 Å². The Labute approximate surface area is 93.8 Å². The molecule has 1 aliphatic rings. The summed E-state index contributed by atoms with van der Waals surface area (Å²) >= 11 is 0. The number of nitrogens with one attached hydrogen (secondary N) is 1. The molecule has 4 heteroatoms. The van der Waals surface area contributed by atoms with E-state index in [4.69, 9.17) is 10.5 Å². The summed E-state index contributed by atoms with van der Waals surface area (Å²) in [6, 6.07) is 6.30. The molecular formula is C12H15N3O. The Morgan fingerprint density at radius 2 is 2.31 bits per heavy atom. The van der Waals surface area contributed by atoms with Gasteiger partial charge in [0.1, 0.15) is 5.82 Å². The number of benzene rings is 1. The molecule has 4 nitrogen and oxygen atoms in total. The lowest BCUT2D eigenvalue weighted by molar-refractivity contribution is -0.0549. The molecular weight excluding hydrogens is 202 g/mol. The number of aryl methyl sites for hydroxylation is 1. The second-order valence-corrected chi connectivity index (χ2v) is 4.53. The Bertz CT molecular complexity index is 523. The van der Waals surface area contributed by atoms with Gasteiger partial charge in [0, 0.05) is 6.54 Å². The van der Waals surface area contributed by atoms with Crippen LogP contribution in [0.4, 0.5) is 0 Å². The maximum absolute atomic E-state index is 5.84. The highest BCUT2D eigenvalue weighted by atomic mass is 16.5. The zero-order chi connectivity index (χ0) is 11.2. The zero-order valence-corrected chi connectivity index (χ0v) is 9.29. The lowest BCUT2D eigenvalue weighted by atomic mass is 9.78. The van der Waals surface area contributed by atoms with Gasteiger partial charge in [0.2, 0.25) is 0 Å². The number of nitrogens with two attached hydrogens (primary N) is 1. The Hall–Kier alpha value is -1.39. The van der Waals surface area contributed by atoms with Crippen LogP contribution in [0.2, 0.25) is 0 Å². The number of nitrogens with zero attached hydrogens (tertiary/aromatic N) is 1. The van der Waals surface area contributed by atoms with E-state index in [-0.39, 0.29) is 5.41 Å². The summed E-state index contributed by atoms with van der Waals surface area (Å²) in [5.74, 6) is 0.943. The average molecular weight is 217 g/mol. The van der Waals surface area contributed by atoms with Crippen molar-refractivity contribution in [2.75, 3.05) is 19.8 Å². The fourth-order valence-corrected chi connectivity index (χ4v) is 2.22. The van der Waals surface area contributed by atoms with Gasteiger partial charge in [-0.3, -0.25) is 0 Å². The van der Waals surface area contributed by atoms with Gasteiger partial charge in [-0.05, 0) is 24.6 Å². The van der Waals surface area contributed by atoms with Crippen LogP contribution >= 0.6 is 0 Å². The van der Waals surface area contributed by atoms with Crippen molar-refractivity contribution in [3.63, 3.8) is 0 Å². The minimum Gasteiger partial charge on any atom is -0.379 e. The normalized spacial score (nSPS) is 18.6. The van der Waals surface area contributed by atoms with E-state index < -0.39 is 0 Å². The van der Waals surface area contributed by atoms with E-state index in [1.165, 1.54) is 5.56 Å². The number of rotatable bonds is 2. The Balaban J connectivity index is 2.10. The van der Waals surface area contributed by atoms with Crippen molar-refractivity contribution in [1.82, 2.24) is 9.97 Å². The third-order valence-corrected chi connectivity index (χ3v) is 3.36. The van der Waals surface area contributed by atoms with Crippen LogP contribution in [-0.4, -0.2) is 29.7 Å². The zero-order valence-electron chi connectivity index (χ0n) is 9.29. The van der Waals surface area contributed by atoms with Crippen LogP contribution in [0.25, 0.3) is 11.0 Å². The number of ether oxygens (including phenoxy) is 1. The van der Waals surface area contributed by atoms with Crippen molar-refractivity contribution in [2.45, 2.75) is 12.3 Å². The van der Waals surface area contributed by atoms with E-state index in [0.717, 1.165) is 30.1 Å². The molecule has 3 N–H and O–H groups in total. The molecule has 0 bridgehead atoms. The largest absolute Gasteiger partial charge is 0.379 e. The van der Waals surface area contributed by atoms with E-state index in [1.54, 1.807) is 0 Å². The van der Waals surface area contributed by atoms with Crippen molar-refractivity contribution in [2.24, 2.45) is 5.73 Å². The summed E-state index contributed by atoms with van der Waals surface area (Å²) in [5.41, 5.74) is 9.20. The molecule has 0 unspecified atom stereocenters. The average Bonchev–Trinajstić information content (AvgIpc) is 2.56. The predicted octanol–water partition coefficient (Wildman–Crippen LogP) is 1.10. The molecule has 0 aliphatic carbocycles. The predicted molar refractivity (Wildman–Crippen MR) is 62.4 cm³/mol. The van der Waals surface area contributed by atoms with Gasteiger partial charge in [-0.1, -0.05) is 6.07 Å². The molecule has 0 spiro atoms. The fraction of sp³-hybridized carbons (Fsp3) is 0.417. The van der Waals surface area contributed by atoms with Gasteiger partial charge < -0.3 is 15.5 Å². The number of imidazole rings is 1. The molecule has 3 rings (SSSR count). The van der Waals surface area contributed by atoms with E-state index in [0.29, 0.717) is 6.54 Å². The highest BCUT2D eigenvalue weighted by Gasteiger charge is 2.39. The minimum absolute atomic E-state index is 0.0210. The van der Waals surface area contributed by atoms with Crippen molar-refractivity contribution in [1.29, 1.82) is 0 Å². The monoisotopic (exact) mass is 217 g/mol. The molecule has 1 aromatic heterocycles. The second kappa shape index (κ2) is 3.30. The number of aromatic nitrogens is 2. The number of hydrogen-bond donors (Lipinski definition) is 2. The van der Waals surface area contributed by atoms with Crippen LogP contribution < -0.4 is 5.73 Å². The van der Waals surface area contributed by atoms with Crippen molar-refractivity contribution < 1.29 is 4.74 Å². The van der Waals surface area contributed by atoms with E-state index in [9.17, 15) is 0 Å². The van der Waals surface area contributed by atoms with E-state index >= 15 is 0 Å². The van der Waals surface area contributed by atoms with Crippen LogP contribution in [0, 0.1) is 6.92 Å². The first-order chi connectivity index (χ1) is 7.73. The van der Waals surface area contributed by atoms with Crippen molar-refractivity contribution >= 4 is 11.0 Å². The molecule has 1 aliphatic heterocycles. The van der Waals surface area contributed by atoms with Crippen molar-refractivity contribution in [3.8, 4) is 0 Å². The highest BCUT2D eigenvalue weighted by Crippen LogP contribution is 2.32. The number of aromatic amines is 1. The van der Waals surface area contributed by atoms with Gasteiger partial charge in [-0.2, -0.15) is 0 Å². The number of H-pyrrole nitrogens is 1. The molecule has 0 radical (unpaired) electrons. The van der Waals surface area contributed by atoms with Crippen LogP contribution in [0.15, 0.2) is 18.2 Å². The van der Waals surface area contributed by atoms with Gasteiger partial charge >= 0.3 is 0 Å². The van der Waals surface area contributed by atoms with E-state index in [2.05, 4.69) is 22.1 Å². The molecule has 0 atom stereocenters. The smallest absolute Gasteiger partial charge is 0.104 e. The third kappa shape index (κ3) is 1.27. The summed E-state index contributed by atoms with van der Waals surface area (Å²) in [4.78, 5) is 7.64. The summed E-state index contributed by atoms with van der Waals surface area (Å²) in [5, 5.41) is 0. The number of hydrogen-bond acceptors (Lipinski definition) is 3. The summed E-state index contributed by atoms with van der Waals surface area (Å²) in [6.07, 6.45) is 0. The van der Waals surface area contributed by atoms with Gasteiger partial charge in [-0.25, -0.2) is 4.98 Å². The standard InChI is InChI=1S/C12H15N3O/c1-8-14-10-3-2-9(4-11(10)15-8)12(5-13)6-16-7-12/h2-4H,5-7,13H2,1H3,(H,14,15). The van der Waals surface area contributed by atoms with E-state index in [1.807, 2.05) is 13.0 Å². The molecule has 1 fully saturated rings. The number of fused-ring (bicyclic) bond motifs is 1. The van der Waals surface area contributed by atoms with Crippen molar-refractivity contribution in [3.05, 3.63) is 29.6 Å². The first-order valence-corrected chi connectivity index (χ1v) is 5.48. The molecule has 2 aromatic rings. The quantitative estimate of drug-likeness (QED) is 0.791. The Morgan fingerprint density at radius 1 is 1.50 bits per heavy atom. The maximum atomic E-state index is 5.84. The summed E-state index contributed by atoms with van der Waals surface area (Å²) in [6.45, 7) is 4.04. The molecule has 1 aromatic carbocycles. The Kier molecular flexibility index (Phi) is 2.02. The summed E-state index contributed by atoms with van der Waals surface area (Å²) < 4.78 is 5.29. The van der Waals surface area contributed by atoms with Gasteiger partial charge in [0.05, 0.1) is 29.7 Å². The molecule has 16 heavy (non-hydrogen) atoms. The lowest BCUT2D eigenvalue weighted by Gasteiger charge is -2.41. The van der Waals surface area contributed by atoms with Crippen LogP contribution in [0.1, 0.15) is 11.4 Å². The van der Waals surface area contributed by atoms with Crippen LogP contribution in [0.3, 0.4) is 0 Å². The first kappa shape index (κ1) is 9.81. The summed E-state index contributed by atoms with van der Waals surface area (Å²) in [7, 11) is 0. The molecule has 0 amide bonds.